The number of esters is 1. The van der Waals surface area contributed by atoms with Gasteiger partial charge >= 0.3 is 5.97 Å². The van der Waals surface area contributed by atoms with Crippen LogP contribution in [0.25, 0.3) is 6.08 Å². The van der Waals surface area contributed by atoms with Crippen molar-refractivity contribution in [1.29, 1.82) is 0 Å². The highest BCUT2D eigenvalue weighted by Crippen LogP contribution is 2.37. The van der Waals surface area contributed by atoms with E-state index in [0.29, 0.717) is 38.6 Å². The monoisotopic (exact) mass is 519 g/mol. The molecule has 4 rings (SSSR count). The minimum Gasteiger partial charge on any atom is -0.493 e. The van der Waals surface area contributed by atoms with E-state index in [0.717, 1.165) is 11.1 Å². The van der Waals surface area contributed by atoms with E-state index in [-0.39, 0.29) is 12.5 Å². The van der Waals surface area contributed by atoms with E-state index in [1.807, 2.05) is 49.4 Å². The van der Waals surface area contributed by atoms with E-state index in [1.165, 1.54) is 22.2 Å². The zero-order valence-electron chi connectivity index (χ0n) is 20.1. The fraction of sp³-hybridized carbons (Fsp3) is 0.179. The highest BCUT2D eigenvalue weighted by molar-refractivity contribution is 8.27. The molecular formula is C28H25NO5S2. The van der Waals surface area contributed by atoms with Crippen molar-refractivity contribution in [3.63, 3.8) is 0 Å². The van der Waals surface area contributed by atoms with E-state index in [2.05, 4.69) is 0 Å². The fourth-order valence-electron chi connectivity index (χ4n) is 3.57. The van der Waals surface area contributed by atoms with Crippen LogP contribution in [0.2, 0.25) is 0 Å². The minimum atomic E-state index is -0.447. The largest absolute Gasteiger partial charge is 0.493 e. The third-order valence-corrected chi connectivity index (χ3v) is 6.71. The molecule has 1 heterocycles. The molecule has 6 nitrogen and oxygen atoms in total. The van der Waals surface area contributed by atoms with Crippen LogP contribution in [0.15, 0.2) is 71.6 Å². The molecule has 8 heteroatoms. The number of carbonyl (C=O) groups is 2. The second kappa shape index (κ2) is 11.4. The molecule has 3 aromatic rings. The number of methoxy groups -OCH3 is 1. The van der Waals surface area contributed by atoms with Crippen LogP contribution < -0.4 is 14.4 Å². The Balaban J connectivity index is 1.52. The van der Waals surface area contributed by atoms with E-state index in [4.69, 9.17) is 26.4 Å². The van der Waals surface area contributed by atoms with Gasteiger partial charge in [0.1, 0.15) is 6.61 Å². The number of rotatable bonds is 8. The summed E-state index contributed by atoms with van der Waals surface area (Å²) in [4.78, 5) is 27.2. The van der Waals surface area contributed by atoms with Crippen molar-refractivity contribution in [2.75, 3.05) is 18.6 Å². The van der Waals surface area contributed by atoms with Crippen molar-refractivity contribution >= 4 is 51.9 Å². The number of anilines is 1. The number of carbonyl (C=O) groups excluding carboxylic acids is 2. The quantitative estimate of drug-likeness (QED) is 0.200. The first-order valence-corrected chi connectivity index (χ1v) is 12.5. The third-order valence-electron chi connectivity index (χ3n) is 5.41. The highest BCUT2D eigenvalue weighted by Gasteiger charge is 2.33. The Hall–Kier alpha value is -3.62. The summed E-state index contributed by atoms with van der Waals surface area (Å²) < 4.78 is 16.9. The SMILES string of the molecule is CCOC(=O)c1cccc(N2C(=O)/C(=C/c3ccc(OCc4ccc(C)cc4)c(OC)c3)SC2=S)c1. The standard InChI is InChI=1S/C28H25NO5S2/c1-4-33-27(31)21-6-5-7-22(16-21)29-26(30)25(36-28(29)35)15-20-12-13-23(24(14-20)32-3)34-17-19-10-8-18(2)9-11-19/h5-16H,4,17H2,1-3H3/b25-15-. The number of benzene rings is 3. The van der Waals surface area contributed by atoms with Crippen LogP contribution in [0.4, 0.5) is 5.69 Å². The second-order valence-electron chi connectivity index (χ2n) is 7.97. The molecule has 184 valence electrons. The Morgan fingerprint density at radius 1 is 1.06 bits per heavy atom. The molecular weight excluding hydrogens is 494 g/mol. The predicted molar refractivity (Wildman–Crippen MR) is 147 cm³/mol. The zero-order valence-corrected chi connectivity index (χ0v) is 21.8. The van der Waals surface area contributed by atoms with Crippen LogP contribution >= 0.6 is 24.0 Å². The molecule has 1 saturated heterocycles. The van der Waals surface area contributed by atoms with E-state index in [9.17, 15) is 9.59 Å². The average molecular weight is 520 g/mol. The van der Waals surface area contributed by atoms with Crippen LogP contribution in [0, 0.1) is 6.92 Å². The number of ether oxygens (including phenoxy) is 3. The molecule has 0 aliphatic carbocycles. The molecule has 1 aliphatic rings. The Labute approximate surface area is 219 Å². The molecule has 0 aromatic heterocycles. The van der Waals surface area contributed by atoms with Gasteiger partial charge in [-0.15, -0.1) is 0 Å². The lowest BCUT2D eigenvalue weighted by atomic mass is 10.1. The number of thioether (sulfide) groups is 1. The third kappa shape index (κ3) is 5.78. The number of aryl methyl sites for hydroxylation is 1. The number of nitrogens with zero attached hydrogens (tertiary/aromatic N) is 1. The fourth-order valence-corrected chi connectivity index (χ4v) is 4.87. The van der Waals surface area contributed by atoms with Gasteiger partial charge in [0, 0.05) is 0 Å². The molecule has 0 spiro atoms. The van der Waals surface area contributed by atoms with Gasteiger partial charge in [-0.05, 0) is 61.4 Å². The van der Waals surface area contributed by atoms with Gasteiger partial charge < -0.3 is 14.2 Å². The van der Waals surface area contributed by atoms with Crippen molar-refractivity contribution in [1.82, 2.24) is 0 Å². The zero-order chi connectivity index (χ0) is 25.7. The number of hydrogen-bond acceptors (Lipinski definition) is 7. The van der Waals surface area contributed by atoms with E-state index in [1.54, 1.807) is 44.4 Å². The predicted octanol–water partition coefficient (Wildman–Crippen LogP) is 6.17. The van der Waals surface area contributed by atoms with Crippen molar-refractivity contribution in [3.8, 4) is 11.5 Å². The summed E-state index contributed by atoms with van der Waals surface area (Å²) in [5.41, 5.74) is 3.90. The average Bonchev–Trinajstić information content (AvgIpc) is 3.16. The van der Waals surface area contributed by atoms with Crippen LogP contribution in [0.3, 0.4) is 0 Å². The smallest absolute Gasteiger partial charge is 0.338 e. The molecule has 0 saturated carbocycles. The Kier molecular flexibility index (Phi) is 8.07. The summed E-state index contributed by atoms with van der Waals surface area (Å²) in [5, 5.41) is 0. The maximum absolute atomic E-state index is 13.2. The first kappa shape index (κ1) is 25.5. The molecule has 0 unspecified atom stereocenters. The molecule has 1 fully saturated rings. The van der Waals surface area contributed by atoms with Gasteiger partial charge in [-0.1, -0.05) is 65.9 Å². The number of amides is 1. The van der Waals surface area contributed by atoms with Crippen molar-refractivity contribution in [3.05, 3.63) is 93.9 Å². The van der Waals surface area contributed by atoms with Gasteiger partial charge in [-0.25, -0.2) is 4.79 Å². The van der Waals surface area contributed by atoms with E-state index < -0.39 is 5.97 Å². The van der Waals surface area contributed by atoms with Gasteiger partial charge in [-0.2, -0.15) is 0 Å². The Morgan fingerprint density at radius 2 is 1.83 bits per heavy atom. The lowest BCUT2D eigenvalue weighted by Crippen LogP contribution is -2.27. The Bertz CT molecular complexity index is 1330. The molecule has 0 bridgehead atoms. The van der Waals surface area contributed by atoms with Crippen LogP contribution in [0.5, 0.6) is 11.5 Å². The summed E-state index contributed by atoms with van der Waals surface area (Å²) in [6.45, 7) is 4.47. The second-order valence-corrected chi connectivity index (χ2v) is 9.65. The molecule has 3 aromatic carbocycles. The maximum atomic E-state index is 13.2. The molecule has 1 aliphatic heterocycles. The number of thiocarbonyl (C=S) groups is 1. The summed E-state index contributed by atoms with van der Waals surface area (Å²) in [6, 6.07) is 20.3. The van der Waals surface area contributed by atoms with E-state index >= 15 is 0 Å². The lowest BCUT2D eigenvalue weighted by Gasteiger charge is -2.15. The highest BCUT2D eigenvalue weighted by atomic mass is 32.2. The molecule has 1 amide bonds. The minimum absolute atomic E-state index is 0.260. The maximum Gasteiger partial charge on any atom is 0.338 e. The molecule has 0 N–H and O–H groups in total. The molecule has 0 atom stereocenters. The van der Waals surface area contributed by atoms with Gasteiger partial charge in [0.25, 0.3) is 5.91 Å². The van der Waals surface area contributed by atoms with Crippen molar-refractivity contribution in [2.24, 2.45) is 0 Å². The van der Waals surface area contributed by atoms with Crippen LogP contribution in [-0.2, 0) is 16.1 Å². The van der Waals surface area contributed by atoms with Crippen molar-refractivity contribution in [2.45, 2.75) is 20.5 Å². The molecule has 0 radical (unpaired) electrons. The number of hydrogen-bond donors (Lipinski definition) is 0. The van der Waals surface area contributed by atoms with Gasteiger partial charge in [0.2, 0.25) is 0 Å². The lowest BCUT2D eigenvalue weighted by molar-refractivity contribution is -0.113. The van der Waals surface area contributed by atoms with Crippen LogP contribution in [-0.4, -0.2) is 29.9 Å². The van der Waals surface area contributed by atoms with Crippen molar-refractivity contribution < 1.29 is 23.8 Å². The first-order valence-electron chi connectivity index (χ1n) is 11.3. The first-order chi connectivity index (χ1) is 17.4. The van der Waals surface area contributed by atoms with Gasteiger partial charge in [-0.3, -0.25) is 9.69 Å². The summed E-state index contributed by atoms with van der Waals surface area (Å²) in [5.74, 6) is 0.467. The van der Waals surface area contributed by atoms with Gasteiger partial charge in [0.15, 0.2) is 15.8 Å². The summed E-state index contributed by atoms with van der Waals surface area (Å²) >= 11 is 6.68. The Morgan fingerprint density at radius 3 is 2.56 bits per heavy atom. The summed E-state index contributed by atoms with van der Waals surface area (Å²) in [6.07, 6.45) is 1.76. The van der Waals surface area contributed by atoms with Crippen LogP contribution in [0.1, 0.15) is 34.0 Å². The topological polar surface area (TPSA) is 65.1 Å². The van der Waals surface area contributed by atoms with Gasteiger partial charge in [0.05, 0.1) is 29.9 Å². The normalized spacial score (nSPS) is 14.3. The summed E-state index contributed by atoms with van der Waals surface area (Å²) in [7, 11) is 1.58. The molecule has 36 heavy (non-hydrogen) atoms.